The highest BCUT2D eigenvalue weighted by molar-refractivity contribution is 6.36. The van der Waals surface area contributed by atoms with Gasteiger partial charge < -0.3 is 9.84 Å². The summed E-state index contributed by atoms with van der Waals surface area (Å²) in [4.78, 5) is 4.55. The third-order valence-electron chi connectivity index (χ3n) is 4.62. The third-order valence-corrected chi connectivity index (χ3v) is 5.33. The molecule has 3 aromatic heterocycles. The van der Waals surface area contributed by atoms with Crippen LogP contribution in [0.5, 0.6) is 5.88 Å². The van der Waals surface area contributed by atoms with Crippen molar-refractivity contribution >= 4 is 28.8 Å². The summed E-state index contributed by atoms with van der Waals surface area (Å²) >= 11 is 12.3. The van der Waals surface area contributed by atoms with E-state index in [9.17, 15) is 9.50 Å². The molecule has 0 bridgehead atoms. The SMILES string of the molecule is C[C@@H](Oc1ccn2ncc(-c3cnn(CC(C)(C)O)c3)c2n1)c1c(Cl)ccc(F)c1Cl. The van der Waals surface area contributed by atoms with Crippen molar-refractivity contribution in [2.45, 2.75) is 39.0 Å². The lowest BCUT2D eigenvalue weighted by Gasteiger charge is -2.17. The van der Waals surface area contributed by atoms with Gasteiger partial charge >= 0.3 is 0 Å². The molecule has 7 nitrogen and oxygen atoms in total. The monoisotopic (exact) mass is 463 g/mol. The van der Waals surface area contributed by atoms with Crippen molar-refractivity contribution in [1.82, 2.24) is 24.4 Å². The molecule has 1 N–H and O–H groups in total. The fourth-order valence-electron chi connectivity index (χ4n) is 3.26. The van der Waals surface area contributed by atoms with Gasteiger partial charge in [0.25, 0.3) is 0 Å². The van der Waals surface area contributed by atoms with E-state index in [1.807, 2.05) is 6.20 Å². The molecule has 0 aliphatic rings. The summed E-state index contributed by atoms with van der Waals surface area (Å²) in [6.45, 7) is 5.50. The zero-order valence-electron chi connectivity index (χ0n) is 17.1. The Hall–Kier alpha value is -2.68. The Morgan fingerprint density at radius 1 is 1.19 bits per heavy atom. The molecule has 1 atom stereocenters. The first-order valence-electron chi connectivity index (χ1n) is 9.52. The van der Waals surface area contributed by atoms with Crippen LogP contribution in [0.4, 0.5) is 4.39 Å². The zero-order valence-corrected chi connectivity index (χ0v) is 18.6. The van der Waals surface area contributed by atoms with Crippen LogP contribution in [0.15, 0.2) is 43.0 Å². The summed E-state index contributed by atoms with van der Waals surface area (Å²) in [6.07, 6.45) is 6.27. The molecule has 4 rings (SSSR count). The van der Waals surface area contributed by atoms with Crippen LogP contribution in [0.1, 0.15) is 32.4 Å². The van der Waals surface area contributed by atoms with Gasteiger partial charge in [0.05, 0.1) is 29.6 Å². The van der Waals surface area contributed by atoms with Gasteiger partial charge in [-0.15, -0.1) is 0 Å². The maximum atomic E-state index is 13.9. The van der Waals surface area contributed by atoms with E-state index in [0.29, 0.717) is 28.7 Å². The van der Waals surface area contributed by atoms with Gasteiger partial charge in [0, 0.05) is 40.2 Å². The lowest BCUT2D eigenvalue weighted by molar-refractivity contribution is 0.0577. The summed E-state index contributed by atoms with van der Waals surface area (Å²) in [5, 5.41) is 18.9. The fourth-order valence-corrected chi connectivity index (χ4v) is 3.94. The second kappa shape index (κ2) is 8.11. The second-order valence-electron chi connectivity index (χ2n) is 7.85. The number of nitrogens with zero attached hydrogens (tertiary/aromatic N) is 5. The normalized spacial score (nSPS) is 13.0. The number of halogens is 3. The lowest BCUT2D eigenvalue weighted by atomic mass is 10.1. The number of hydrogen-bond donors (Lipinski definition) is 1. The summed E-state index contributed by atoms with van der Waals surface area (Å²) in [6, 6.07) is 4.30. The van der Waals surface area contributed by atoms with Gasteiger partial charge in [-0.2, -0.15) is 15.2 Å². The van der Waals surface area contributed by atoms with E-state index < -0.39 is 17.5 Å². The van der Waals surface area contributed by atoms with E-state index in [2.05, 4.69) is 15.2 Å². The Bertz CT molecular complexity index is 1250. The van der Waals surface area contributed by atoms with Gasteiger partial charge in [0.15, 0.2) is 5.65 Å². The summed E-state index contributed by atoms with van der Waals surface area (Å²) in [7, 11) is 0. The van der Waals surface area contributed by atoms with Crippen molar-refractivity contribution in [3.8, 4) is 17.0 Å². The molecule has 31 heavy (non-hydrogen) atoms. The van der Waals surface area contributed by atoms with E-state index in [0.717, 1.165) is 11.1 Å². The summed E-state index contributed by atoms with van der Waals surface area (Å²) in [5.41, 5.74) is 1.57. The maximum Gasteiger partial charge on any atom is 0.217 e. The minimum atomic E-state index is -0.890. The molecule has 0 saturated carbocycles. The minimum Gasteiger partial charge on any atom is -0.470 e. The van der Waals surface area contributed by atoms with Crippen molar-refractivity contribution < 1.29 is 14.2 Å². The van der Waals surface area contributed by atoms with Crippen molar-refractivity contribution in [1.29, 1.82) is 0 Å². The number of benzene rings is 1. The summed E-state index contributed by atoms with van der Waals surface area (Å²) in [5.74, 6) is -0.261. The minimum absolute atomic E-state index is 0.0784. The van der Waals surface area contributed by atoms with Crippen molar-refractivity contribution in [3.05, 3.63) is 64.4 Å². The molecule has 0 radical (unpaired) electrons. The van der Waals surface area contributed by atoms with E-state index >= 15 is 0 Å². The van der Waals surface area contributed by atoms with E-state index in [1.54, 1.807) is 54.6 Å². The van der Waals surface area contributed by atoms with Crippen molar-refractivity contribution in [2.75, 3.05) is 0 Å². The average molecular weight is 464 g/mol. The highest BCUT2D eigenvalue weighted by Gasteiger charge is 2.20. The van der Waals surface area contributed by atoms with Gasteiger partial charge in [0.2, 0.25) is 5.88 Å². The van der Waals surface area contributed by atoms with Crippen LogP contribution in [0.25, 0.3) is 16.8 Å². The smallest absolute Gasteiger partial charge is 0.217 e. The quantitative estimate of drug-likeness (QED) is 0.409. The first-order valence-corrected chi connectivity index (χ1v) is 10.3. The molecule has 4 aromatic rings. The number of fused-ring (bicyclic) bond motifs is 1. The molecule has 0 unspecified atom stereocenters. The van der Waals surface area contributed by atoms with Crippen LogP contribution in [0, 0.1) is 5.82 Å². The largest absolute Gasteiger partial charge is 0.470 e. The second-order valence-corrected chi connectivity index (χ2v) is 8.63. The molecule has 0 fully saturated rings. The van der Waals surface area contributed by atoms with Crippen molar-refractivity contribution in [2.24, 2.45) is 0 Å². The third kappa shape index (κ3) is 4.51. The Morgan fingerprint density at radius 3 is 2.71 bits per heavy atom. The first kappa shape index (κ1) is 21.5. The number of ether oxygens (including phenoxy) is 1. The Labute approximate surface area is 188 Å². The molecule has 0 spiro atoms. The first-order chi connectivity index (χ1) is 14.6. The molecule has 0 aliphatic heterocycles. The maximum absolute atomic E-state index is 13.9. The Balaban J connectivity index is 1.64. The number of rotatable bonds is 6. The van der Waals surface area contributed by atoms with Crippen LogP contribution in [0.2, 0.25) is 10.0 Å². The van der Waals surface area contributed by atoms with Gasteiger partial charge in [-0.05, 0) is 32.9 Å². The highest BCUT2D eigenvalue weighted by Crippen LogP contribution is 2.35. The van der Waals surface area contributed by atoms with Gasteiger partial charge in [-0.25, -0.2) is 8.91 Å². The van der Waals surface area contributed by atoms with Crippen molar-refractivity contribution in [3.63, 3.8) is 0 Å². The summed E-state index contributed by atoms with van der Waals surface area (Å²) < 4.78 is 23.1. The molecule has 162 valence electrons. The molecule has 10 heteroatoms. The number of aliphatic hydroxyl groups is 1. The van der Waals surface area contributed by atoms with Crippen LogP contribution in [-0.4, -0.2) is 35.1 Å². The predicted octanol–water partition coefficient (Wildman–Crippen LogP) is 4.95. The Morgan fingerprint density at radius 2 is 1.97 bits per heavy atom. The fraction of sp³-hybridized carbons (Fsp3) is 0.286. The molecule has 0 amide bonds. The van der Waals surface area contributed by atoms with E-state index in [4.69, 9.17) is 27.9 Å². The van der Waals surface area contributed by atoms with Crippen LogP contribution in [0.3, 0.4) is 0 Å². The zero-order chi connectivity index (χ0) is 22.3. The van der Waals surface area contributed by atoms with Crippen LogP contribution in [-0.2, 0) is 6.54 Å². The lowest BCUT2D eigenvalue weighted by Crippen LogP contribution is -2.26. The molecule has 0 aliphatic carbocycles. The average Bonchev–Trinajstić information content (AvgIpc) is 3.30. The molecule has 3 heterocycles. The van der Waals surface area contributed by atoms with Gasteiger partial charge in [-0.1, -0.05) is 23.2 Å². The number of aromatic nitrogens is 5. The molecular formula is C21H20Cl2FN5O2. The van der Waals surface area contributed by atoms with E-state index in [1.165, 1.54) is 12.1 Å². The predicted molar refractivity (Wildman–Crippen MR) is 116 cm³/mol. The van der Waals surface area contributed by atoms with Gasteiger partial charge in [0.1, 0.15) is 11.9 Å². The van der Waals surface area contributed by atoms with Crippen LogP contribution < -0.4 is 4.74 Å². The standard InChI is InChI=1S/C21H20Cl2FN5O2/c1-12(18-15(22)4-5-16(24)19(18)23)31-17-6-7-29-20(27-17)14(9-26-29)13-8-25-28(10-13)11-21(2,3)30/h4-10,12,30H,11H2,1-3H3/t12-/m1/s1. The van der Waals surface area contributed by atoms with Crippen LogP contribution >= 0.6 is 23.2 Å². The molecule has 1 aromatic carbocycles. The highest BCUT2D eigenvalue weighted by atomic mass is 35.5. The van der Waals surface area contributed by atoms with E-state index in [-0.39, 0.29) is 5.02 Å². The topological polar surface area (TPSA) is 77.5 Å². The molecule has 0 saturated heterocycles. The van der Waals surface area contributed by atoms with Gasteiger partial charge in [-0.3, -0.25) is 4.68 Å². The number of hydrogen-bond acceptors (Lipinski definition) is 5. The molecular weight excluding hydrogens is 444 g/mol. The Kier molecular flexibility index (Phi) is 5.63.